The highest BCUT2D eigenvalue weighted by atomic mass is 16.5. The number of rotatable bonds is 5. The predicted molar refractivity (Wildman–Crippen MR) is 89.3 cm³/mol. The third kappa shape index (κ3) is 3.76. The molecule has 1 aliphatic rings. The lowest BCUT2D eigenvalue weighted by Gasteiger charge is -2.23. The van der Waals surface area contributed by atoms with Gasteiger partial charge >= 0.3 is 6.03 Å². The number of aromatic nitrogens is 1. The van der Waals surface area contributed by atoms with E-state index in [4.69, 9.17) is 9.15 Å². The first kappa shape index (κ1) is 16.5. The van der Waals surface area contributed by atoms with Crippen molar-refractivity contribution in [3.8, 4) is 0 Å². The molecule has 0 spiro atoms. The summed E-state index contributed by atoms with van der Waals surface area (Å²) in [5.41, 5.74) is 1.81. The molecule has 24 heavy (non-hydrogen) atoms. The molecule has 0 bridgehead atoms. The molecule has 3 heterocycles. The second kappa shape index (κ2) is 7.49. The summed E-state index contributed by atoms with van der Waals surface area (Å²) in [4.78, 5) is 18.8. The zero-order valence-corrected chi connectivity index (χ0v) is 14.1. The Hall–Kier alpha value is -2.34. The number of methoxy groups -OCH3 is 1. The van der Waals surface area contributed by atoms with Gasteiger partial charge in [-0.25, -0.2) is 4.79 Å². The van der Waals surface area contributed by atoms with Crippen LogP contribution in [0.4, 0.5) is 4.79 Å². The minimum Gasteiger partial charge on any atom is -0.461 e. The number of carbonyl (C=O) groups is 1. The SMILES string of the molecule is COCc1ccc([C@@H]2CCCN2C(=O)NCc2cccc(C)n2)o1. The molecule has 0 radical (unpaired) electrons. The Kier molecular flexibility index (Phi) is 5.15. The summed E-state index contributed by atoms with van der Waals surface area (Å²) in [6.07, 6.45) is 1.89. The van der Waals surface area contributed by atoms with Gasteiger partial charge in [-0.05, 0) is 44.0 Å². The molecule has 1 atom stereocenters. The quantitative estimate of drug-likeness (QED) is 0.915. The van der Waals surface area contributed by atoms with E-state index in [2.05, 4.69) is 10.3 Å². The van der Waals surface area contributed by atoms with Gasteiger partial charge in [-0.2, -0.15) is 0 Å². The monoisotopic (exact) mass is 329 g/mol. The lowest BCUT2D eigenvalue weighted by atomic mass is 10.2. The molecule has 3 rings (SSSR count). The van der Waals surface area contributed by atoms with Crippen LogP contribution in [0.2, 0.25) is 0 Å². The molecule has 1 N–H and O–H groups in total. The Morgan fingerprint density at radius 3 is 3.08 bits per heavy atom. The summed E-state index contributed by atoms with van der Waals surface area (Å²) < 4.78 is 10.9. The van der Waals surface area contributed by atoms with Crippen LogP contribution < -0.4 is 5.32 Å². The Morgan fingerprint density at radius 2 is 2.29 bits per heavy atom. The van der Waals surface area contributed by atoms with E-state index in [1.807, 2.05) is 42.2 Å². The Morgan fingerprint density at radius 1 is 1.42 bits per heavy atom. The average molecular weight is 329 g/mol. The number of aryl methyl sites for hydroxylation is 1. The normalized spacial score (nSPS) is 17.2. The molecule has 0 unspecified atom stereocenters. The van der Waals surface area contributed by atoms with Crippen molar-refractivity contribution in [2.24, 2.45) is 0 Å². The second-order valence-corrected chi connectivity index (χ2v) is 6.02. The molecule has 2 amide bonds. The average Bonchev–Trinajstić information content (AvgIpc) is 3.22. The molecule has 2 aromatic heterocycles. The fourth-order valence-corrected chi connectivity index (χ4v) is 3.06. The van der Waals surface area contributed by atoms with Crippen molar-refractivity contribution in [2.45, 2.75) is 39.0 Å². The number of amides is 2. The highest BCUT2D eigenvalue weighted by molar-refractivity contribution is 5.75. The first-order valence-corrected chi connectivity index (χ1v) is 8.22. The highest BCUT2D eigenvalue weighted by Gasteiger charge is 2.32. The van der Waals surface area contributed by atoms with Gasteiger partial charge in [0.15, 0.2) is 0 Å². The van der Waals surface area contributed by atoms with E-state index in [9.17, 15) is 4.79 Å². The Labute approximate surface area is 141 Å². The fourth-order valence-electron chi connectivity index (χ4n) is 3.06. The van der Waals surface area contributed by atoms with Gasteiger partial charge in [0.05, 0.1) is 18.3 Å². The number of nitrogens with one attached hydrogen (secondary N) is 1. The minimum atomic E-state index is -0.0782. The van der Waals surface area contributed by atoms with E-state index in [-0.39, 0.29) is 12.1 Å². The number of carbonyl (C=O) groups excluding carboxylic acids is 1. The summed E-state index contributed by atoms with van der Waals surface area (Å²) >= 11 is 0. The van der Waals surface area contributed by atoms with Crippen molar-refractivity contribution in [1.82, 2.24) is 15.2 Å². The van der Waals surface area contributed by atoms with Crippen LogP contribution in [0.3, 0.4) is 0 Å². The summed E-state index contributed by atoms with van der Waals surface area (Å²) in [5.74, 6) is 1.60. The number of likely N-dealkylation sites (tertiary alicyclic amines) is 1. The van der Waals surface area contributed by atoms with Gasteiger partial charge in [0, 0.05) is 19.3 Å². The zero-order chi connectivity index (χ0) is 16.9. The number of pyridine rings is 1. The lowest BCUT2D eigenvalue weighted by Crippen LogP contribution is -2.39. The number of hydrogen-bond donors (Lipinski definition) is 1. The van der Waals surface area contributed by atoms with Crippen molar-refractivity contribution in [1.29, 1.82) is 0 Å². The van der Waals surface area contributed by atoms with Gasteiger partial charge in [-0.3, -0.25) is 4.98 Å². The second-order valence-electron chi connectivity index (χ2n) is 6.02. The van der Waals surface area contributed by atoms with Crippen LogP contribution in [0.15, 0.2) is 34.7 Å². The number of ether oxygens (including phenoxy) is 1. The molecule has 0 saturated carbocycles. The Bertz CT molecular complexity index is 698. The molecule has 1 aliphatic heterocycles. The summed E-state index contributed by atoms with van der Waals surface area (Å²) in [6.45, 7) is 3.54. The van der Waals surface area contributed by atoms with Crippen molar-refractivity contribution in [3.05, 3.63) is 53.2 Å². The molecule has 6 nitrogen and oxygen atoms in total. The van der Waals surface area contributed by atoms with E-state index >= 15 is 0 Å². The van der Waals surface area contributed by atoms with Crippen LogP contribution in [0, 0.1) is 6.92 Å². The molecule has 128 valence electrons. The van der Waals surface area contributed by atoms with Crippen LogP contribution >= 0.6 is 0 Å². The van der Waals surface area contributed by atoms with E-state index in [1.54, 1.807) is 7.11 Å². The molecule has 0 aliphatic carbocycles. The number of furan rings is 1. The van der Waals surface area contributed by atoms with Crippen LogP contribution in [0.5, 0.6) is 0 Å². The first-order chi connectivity index (χ1) is 11.7. The largest absolute Gasteiger partial charge is 0.461 e. The summed E-state index contributed by atoms with van der Waals surface area (Å²) in [7, 11) is 1.64. The molecule has 6 heteroatoms. The van der Waals surface area contributed by atoms with Crippen molar-refractivity contribution < 1.29 is 13.9 Å². The van der Waals surface area contributed by atoms with Gasteiger partial charge in [0.25, 0.3) is 0 Å². The smallest absolute Gasteiger partial charge is 0.318 e. The van der Waals surface area contributed by atoms with Crippen LogP contribution in [-0.2, 0) is 17.9 Å². The first-order valence-electron chi connectivity index (χ1n) is 8.22. The lowest BCUT2D eigenvalue weighted by molar-refractivity contribution is 0.156. The van der Waals surface area contributed by atoms with Crippen molar-refractivity contribution in [2.75, 3.05) is 13.7 Å². The van der Waals surface area contributed by atoms with Gasteiger partial charge < -0.3 is 19.4 Å². The molecule has 2 aromatic rings. The van der Waals surface area contributed by atoms with Crippen molar-refractivity contribution in [3.63, 3.8) is 0 Å². The highest BCUT2D eigenvalue weighted by Crippen LogP contribution is 2.33. The van der Waals surface area contributed by atoms with Gasteiger partial charge in [-0.15, -0.1) is 0 Å². The topological polar surface area (TPSA) is 67.6 Å². The van der Waals surface area contributed by atoms with E-state index in [0.717, 1.165) is 42.3 Å². The summed E-state index contributed by atoms with van der Waals surface area (Å²) in [5, 5.41) is 2.96. The molecule has 0 aromatic carbocycles. The third-order valence-corrected chi connectivity index (χ3v) is 4.18. The maximum atomic E-state index is 12.5. The summed E-state index contributed by atoms with van der Waals surface area (Å²) in [6, 6.07) is 9.56. The minimum absolute atomic E-state index is 0.0129. The Balaban J connectivity index is 1.62. The van der Waals surface area contributed by atoms with Gasteiger partial charge in [0.1, 0.15) is 18.1 Å². The van der Waals surface area contributed by atoms with Crippen LogP contribution in [0.25, 0.3) is 0 Å². The molecule has 1 fully saturated rings. The fraction of sp³-hybridized carbons (Fsp3) is 0.444. The molecule has 1 saturated heterocycles. The van der Waals surface area contributed by atoms with E-state index < -0.39 is 0 Å². The maximum absolute atomic E-state index is 12.5. The van der Waals surface area contributed by atoms with E-state index in [1.165, 1.54) is 0 Å². The standard InChI is InChI=1S/C18H23N3O3/c1-13-5-3-6-14(20-13)11-19-18(22)21-10-4-7-16(21)17-9-8-15(24-17)12-23-2/h3,5-6,8-9,16H,4,7,10-12H2,1-2H3,(H,19,22)/t16-/m0/s1. The maximum Gasteiger partial charge on any atom is 0.318 e. The van der Waals surface area contributed by atoms with Crippen LogP contribution in [0.1, 0.15) is 41.8 Å². The number of nitrogens with zero attached hydrogens (tertiary/aromatic N) is 2. The van der Waals surface area contributed by atoms with E-state index in [0.29, 0.717) is 13.2 Å². The third-order valence-electron chi connectivity index (χ3n) is 4.18. The number of hydrogen-bond acceptors (Lipinski definition) is 4. The van der Waals surface area contributed by atoms with Gasteiger partial charge in [-0.1, -0.05) is 6.07 Å². The zero-order valence-electron chi connectivity index (χ0n) is 14.1. The number of urea groups is 1. The van der Waals surface area contributed by atoms with Gasteiger partial charge in [0.2, 0.25) is 0 Å². The predicted octanol–water partition coefficient (Wildman–Crippen LogP) is 3.18. The van der Waals surface area contributed by atoms with Crippen LogP contribution in [-0.4, -0.2) is 29.6 Å². The van der Waals surface area contributed by atoms with Crippen molar-refractivity contribution >= 4 is 6.03 Å². The molecular formula is C18H23N3O3. The molecular weight excluding hydrogens is 306 g/mol.